The lowest BCUT2D eigenvalue weighted by atomic mass is 9.97. The Morgan fingerprint density at radius 1 is 1.21 bits per heavy atom. The molecule has 0 atom stereocenters. The van der Waals surface area contributed by atoms with Crippen molar-refractivity contribution in [2.45, 2.75) is 32.2 Å². The zero-order valence-corrected chi connectivity index (χ0v) is 17.6. The fourth-order valence-corrected chi connectivity index (χ4v) is 5.41. The molecule has 0 radical (unpaired) electrons. The molecule has 5 nitrogen and oxygen atoms in total. The standard InChI is InChI=1S/C21H22ClN5S/c1-13-17-9-14(11-23-20(17)26(2)25-13)12-27-7-5-15(6-8-27)21-24-18-10-16(22)3-4-19(18)28-21/h3-4,9-11,15H,5-8,12H2,1-2H3. The number of hydrogen-bond acceptors (Lipinski definition) is 5. The molecule has 0 bridgehead atoms. The Bertz CT molecular complexity index is 1160. The zero-order valence-electron chi connectivity index (χ0n) is 16.0. The van der Waals surface area contributed by atoms with E-state index >= 15 is 0 Å². The molecule has 144 valence electrons. The second-order valence-electron chi connectivity index (χ2n) is 7.64. The van der Waals surface area contributed by atoms with Crippen LogP contribution in [-0.2, 0) is 13.6 Å². The minimum Gasteiger partial charge on any atom is -0.299 e. The molecule has 1 saturated heterocycles. The highest BCUT2D eigenvalue weighted by Gasteiger charge is 2.23. The number of rotatable bonds is 3. The number of pyridine rings is 1. The van der Waals surface area contributed by atoms with Crippen LogP contribution in [0.1, 0.15) is 35.0 Å². The van der Waals surface area contributed by atoms with E-state index in [1.54, 1.807) is 0 Å². The first-order valence-electron chi connectivity index (χ1n) is 9.63. The van der Waals surface area contributed by atoms with E-state index < -0.39 is 0 Å². The van der Waals surface area contributed by atoms with Crippen molar-refractivity contribution < 1.29 is 0 Å². The van der Waals surface area contributed by atoms with E-state index in [9.17, 15) is 0 Å². The Hall–Kier alpha value is -2.02. The molecule has 0 amide bonds. The van der Waals surface area contributed by atoms with Gasteiger partial charge in [-0.2, -0.15) is 5.10 Å². The summed E-state index contributed by atoms with van der Waals surface area (Å²) < 4.78 is 3.08. The smallest absolute Gasteiger partial charge is 0.157 e. The molecular weight excluding hydrogens is 390 g/mol. The predicted molar refractivity (Wildman–Crippen MR) is 115 cm³/mol. The first kappa shape index (κ1) is 18.0. The van der Waals surface area contributed by atoms with Gasteiger partial charge in [-0.3, -0.25) is 9.58 Å². The summed E-state index contributed by atoms with van der Waals surface area (Å²) >= 11 is 7.92. The van der Waals surface area contributed by atoms with Gasteiger partial charge in [0.15, 0.2) is 5.65 Å². The summed E-state index contributed by atoms with van der Waals surface area (Å²) in [7, 11) is 1.95. The number of nitrogens with zero attached hydrogens (tertiary/aromatic N) is 5. The summed E-state index contributed by atoms with van der Waals surface area (Å²) in [5.74, 6) is 0.550. The molecule has 1 fully saturated rings. The topological polar surface area (TPSA) is 46.8 Å². The van der Waals surface area contributed by atoms with Gasteiger partial charge in [0.25, 0.3) is 0 Å². The second kappa shape index (κ2) is 7.10. The molecule has 5 rings (SSSR count). The number of thiazole rings is 1. The minimum absolute atomic E-state index is 0.550. The van der Waals surface area contributed by atoms with Crippen LogP contribution < -0.4 is 0 Å². The number of benzene rings is 1. The molecule has 0 aliphatic carbocycles. The Kier molecular flexibility index (Phi) is 4.57. The highest BCUT2D eigenvalue weighted by molar-refractivity contribution is 7.18. The average Bonchev–Trinajstić information content (AvgIpc) is 3.23. The highest BCUT2D eigenvalue weighted by atomic mass is 35.5. The Morgan fingerprint density at radius 2 is 2.04 bits per heavy atom. The summed E-state index contributed by atoms with van der Waals surface area (Å²) in [6.45, 7) is 5.17. The van der Waals surface area contributed by atoms with Crippen LogP contribution in [0.3, 0.4) is 0 Å². The molecule has 7 heteroatoms. The molecule has 0 saturated carbocycles. The van der Waals surface area contributed by atoms with E-state index in [1.807, 2.05) is 48.3 Å². The summed E-state index contributed by atoms with van der Waals surface area (Å²) in [5, 5.41) is 7.64. The van der Waals surface area contributed by atoms with Crippen molar-refractivity contribution >= 4 is 44.2 Å². The number of fused-ring (bicyclic) bond motifs is 2. The van der Waals surface area contributed by atoms with Gasteiger partial charge in [0.1, 0.15) is 0 Å². The van der Waals surface area contributed by atoms with Crippen LogP contribution in [0.5, 0.6) is 0 Å². The van der Waals surface area contributed by atoms with Gasteiger partial charge in [-0.05, 0) is 62.7 Å². The average molecular weight is 412 g/mol. The second-order valence-corrected chi connectivity index (χ2v) is 9.14. The first-order chi connectivity index (χ1) is 13.6. The molecule has 4 heterocycles. The zero-order chi connectivity index (χ0) is 19.3. The Balaban J connectivity index is 1.27. The maximum atomic E-state index is 6.10. The van der Waals surface area contributed by atoms with E-state index in [0.717, 1.165) is 59.7 Å². The maximum absolute atomic E-state index is 6.10. The summed E-state index contributed by atoms with van der Waals surface area (Å²) in [5.41, 5.74) is 4.29. The number of hydrogen-bond donors (Lipinski definition) is 0. The van der Waals surface area contributed by atoms with Gasteiger partial charge in [0, 0.05) is 36.1 Å². The molecule has 3 aromatic heterocycles. The molecule has 1 aromatic carbocycles. The molecule has 0 N–H and O–H groups in total. The fraction of sp³-hybridized carbons (Fsp3) is 0.381. The van der Waals surface area contributed by atoms with E-state index in [-0.39, 0.29) is 0 Å². The van der Waals surface area contributed by atoms with Crippen molar-refractivity contribution in [2.75, 3.05) is 13.1 Å². The van der Waals surface area contributed by atoms with Gasteiger partial charge in [-0.1, -0.05) is 11.6 Å². The summed E-state index contributed by atoms with van der Waals surface area (Å²) in [6, 6.07) is 8.24. The lowest BCUT2D eigenvalue weighted by Crippen LogP contribution is -2.32. The highest BCUT2D eigenvalue weighted by Crippen LogP contribution is 2.35. The summed E-state index contributed by atoms with van der Waals surface area (Å²) in [6.07, 6.45) is 4.29. The molecule has 1 aliphatic heterocycles. The van der Waals surface area contributed by atoms with Crippen LogP contribution in [0.4, 0.5) is 0 Å². The van der Waals surface area contributed by atoms with Crippen LogP contribution in [0.2, 0.25) is 5.02 Å². The van der Waals surface area contributed by atoms with Crippen LogP contribution in [0.15, 0.2) is 30.5 Å². The van der Waals surface area contributed by atoms with Gasteiger partial charge in [0.05, 0.1) is 20.9 Å². The van der Waals surface area contributed by atoms with Crippen LogP contribution in [0, 0.1) is 6.92 Å². The van der Waals surface area contributed by atoms with Gasteiger partial charge >= 0.3 is 0 Å². The van der Waals surface area contributed by atoms with E-state index in [4.69, 9.17) is 16.6 Å². The number of halogens is 1. The lowest BCUT2D eigenvalue weighted by Gasteiger charge is -2.31. The largest absolute Gasteiger partial charge is 0.299 e. The van der Waals surface area contributed by atoms with Crippen molar-refractivity contribution in [2.24, 2.45) is 7.05 Å². The van der Waals surface area contributed by atoms with E-state index in [1.165, 1.54) is 15.3 Å². The van der Waals surface area contributed by atoms with Crippen molar-refractivity contribution in [3.05, 3.63) is 51.7 Å². The summed E-state index contributed by atoms with van der Waals surface area (Å²) in [4.78, 5) is 12.0. The van der Waals surface area contributed by atoms with E-state index in [2.05, 4.69) is 27.1 Å². The molecular formula is C21H22ClN5S. The number of piperidine rings is 1. The van der Waals surface area contributed by atoms with Gasteiger partial charge < -0.3 is 0 Å². The third-order valence-electron chi connectivity index (χ3n) is 5.63. The number of likely N-dealkylation sites (tertiary alicyclic amines) is 1. The van der Waals surface area contributed by atoms with Gasteiger partial charge in [0.2, 0.25) is 0 Å². The maximum Gasteiger partial charge on any atom is 0.157 e. The normalized spacial score (nSPS) is 16.4. The SMILES string of the molecule is Cc1nn(C)c2ncc(CN3CCC(c4nc5cc(Cl)ccc5s4)CC3)cc12. The van der Waals surface area contributed by atoms with Gasteiger partial charge in [-0.25, -0.2) is 9.97 Å². The number of aryl methyl sites for hydroxylation is 2. The van der Waals surface area contributed by atoms with E-state index in [0.29, 0.717) is 5.92 Å². The third kappa shape index (κ3) is 3.30. The molecule has 0 spiro atoms. The Labute approximate surface area is 173 Å². The van der Waals surface area contributed by atoms with Crippen molar-refractivity contribution in [1.29, 1.82) is 0 Å². The molecule has 28 heavy (non-hydrogen) atoms. The van der Waals surface area contributed by atoms with Crippen molar-refractivity contribution in [3.8, 4) is 0 Å². The molecule has 0 unspecified atom stereocenters. The minimum atomic E-state index is 0.550. The lowest BCUT2D eigenvalue weighted by molar-refractivity contribution is 0.204. The predicted octanol–water partition coefficient (Wildman–Crippen LogP) is 4.92. The van der Waals surface area contributed by atoms with Crippen LogP contribution in [0.25, 0.3) is 21.3 Å². The quantitative estimate of drug-likeness (QED) is 0.480. The third-order valence-corrected chi connectivity index (χ3v) is 7.06. The van der Waals surface area contributed by atoms with Crippen molar-refractivity contribution in [1.82, 2.24) is 24.6 Å². The molecule has 4 aromatic rings. The van der Waals surface area contributed by atoms with Gasteiger partial charge in [-0.15, -0.1) is 11.3 Å². The Morgan fingerprint density at radius 3 is 2.86 bits per heavy atom. The fourth-order valence-electron chi connectivity index (χ4n) is 4.13. The van der Waals surface area contributed by atoms with Crippen LogP contribution >= 0.6 is 22.9 Å². The van der Waals surface area contributed by atoms with Crippen molar-refractivity contribution in [3.63, 3.8) is 0 Å². The molecule has 1 aliphatic rings. The first-order valence-corrected chi connectivity index (χ1v) is 10.8. The van der Waals surface area contributed by atoms with Crippen LogP contribution in [-0.4, -0.2) is 37.7 Å². The monoisotopic (exact) mass is 411 g/mol. The number of aromatic nitrogens is 4.